The Morgan fingerprint density at radius 3 is 2.04 bits per heavy atom. The first-order valence-electron chi connectivity index (χ1n) is 8.53. The monoisotopic (exact) mass is 459 g/mol. The summed E-state index contributed by atoms with van der Waals surface area (Å²) in [5, 5.41) is 2.70. The first-order valence-corrected chi connectivity index (χ1v) is 11.0. The number of halogens is 1. The third-order valence-electron chi connectivity index (χ3n) is 3.89. The van der Waals surface area contributed by atoms with E-state index in [2.05, 4.69) is 21.2 Å². The highest BCUT2D eigenvalue weighted by Crippen LogP contribution is 2.24. The number of nitrogens with one attached hydrogen (secondary N) is 1. The van der Waals surface area contributed by atoms with Gasteiger partial charge < -0.3 is 10.1 Å². The van der Waals surface area contributed by atoms with E-state index < -0.39 is 9.84 Å². The highest BCUT2D eigenvalue weighted by Gasteiger charge is 2.16. The molecule has 0 aliphatic heterocycles. The maximum absolute atomic E-state index is 12.2. The molecule has 0 heterocycles. The van der Waals surface area contributed by atoms with Crippen LogP contribution >= 0.6 is 15.9 Å². The predicted octanol–water partition coefficient (Wildman–Crippen LogP) is 5.04. The summed E-state index contributed by atoms with van der Waals surface area (Å²) >= 11 is 3.37. The number of ether oxygens (including phenoxy) is 1. The molecule has 3 aromatic carbocycles. The molecule has 28 heavy (non-hydrogen) atoms. The Morgan fingerprint density at radius 2 is 1.43 bits per heavy atom. The predicted molar refractivity (Wildman–Crippen MR) is 112 cm³/mol. The number of benzene rings is 3. The lowest BCUT2D eigenvalue weighted by atomic mass is 10.3. The van der Waals surface area contributed by atoms with Gasteiger partial charge in [0.05, 0.1) is 10.6 Å². The zero-order valence-corrected chi connectivity index (χ0v) is 17.2. The van der Waals surface area contributed by atoms with Gasteiger partial charge in [0.25, 0.3) is 0 Å². The molecule has 0 bridgehead atoms. The molecule has 144 valence electrons. The Morgan fingerprint density at radius 1 is 0.857 bits per heavy atom. The first-order chi connectivity index (χ1) is 13.4. The van der Waals surface area contributed by atoms with Crippen LogP contribution in [0.4, 0.5) is 5.69 Å². The van der Waals surface area contributed by atoms with E-state index in [0.29, 0.717) is 17.2 Å². The van der Waals surface area contributed by atoms with Gasteiger partial charge in [0.15, 0.2) is 9.84 Å². The summed E-state index contributed by atoms with van der Waals surface area (Å²) in [6.45, 7) is 0. The molecular formula is C21H18BrNO4S. The Bertz CT molecular complexity index is 1030. The number of rotatable bonds is 7. The molecule has 3 aromatic rings. The van der Waals surface area contributed by atoms with Gasteiger partial charge in [-0.3, -0.25) is 4.79 Å². The molecule has 3 rings (SSSR count). The van der Waals surface area contributed by atoms with Crippen molar-refractivity contribution in [3.05, 3.63) is 83.3 Å². The average Bonchev–Trinajstić information content (AvgIpc) is 2.70. The number of carbonyl (C=O) groups is 1. The topological polar surface area (TPSA) is 72.5 Å². The normalized spacial score (nSPS) is 11.0. The van der Waals surface area contributed by atoms with Crippen LogP contribution in [0.5, 0.6) is 11.5 Å². The van der Waals surface area contributed by atoms with Gasteiger partial charge in [0, 0.05) is 16.6 Å². The summed E-state index contributed by atoms with van der Waals surface area (Å²) in [7, 11) is -3.48. The van der Waals surface area contributed by atoms with Crippen LogP contribution in [0.1, 0.15) is 6.42 Å². The van der Waals surface area contributed by atoms with Crippen molar-refractivity contribution in [1.82, 2.24) is 0 Å². The Hall–Kier alpha value is -2.64. The minimum atomic E-state index is -3.48. The Labute approximate surface area is 172 Å². The van der Waals surface area contributed by atoms with Gasteiger partial charge in [0.1, 0.15) is 11.5 Å². The van der Waals surface area contributed by atoms with Crippen molar-refractivity contribution < 1.29 is 17.9 Å². The third kappa shape index (κ3) is 5.68. The van der Waals surface area contributed by atoms with Crippen LogP contribution in [0.2, 0.25) is 0 Å². The van der Waals surface area contributed by atoms with E-state index in [1.807, 2.05) is 24.3 Å². The number of anilines is 1. The maximum atomic E-state index is 12.2. The minimum absolute atomic E-state index is 0.117. The molecule has 5 nitrogen and oxygen atoms in total. The van der Waals surface area contributed by atoms with Crippen molar-refractivity contribution in [2.75, 3.05) is 11.1 Å². The Balaban J connectivity index is 1.53. The fourth-order valence-electron chi connectivity index (χ4n) is 2.44. The van der Waals surface area contributed by atoms with Crippen LogP contribution in [-0.4, -0.2) is 20.1 Å². The van der Waals surface area contributed by atoms with Gasteiger partial charge in [-0.2, -0.15) is 0 Å². The molecule has 0 atom stereocenters. The van der Waals surface area contributed by atoms with Gasteiger partial charge in [-0.25, -0.2) is 8.42 Å². The molecule has 1 N–H and O–H groups in total. The van der Waals surface area contributed by atoms with Gasteiger partial charge >= 0.3 is 0 Å². The quantitative estimate of drug-likeness (QED) is 0.536. The lowest BCUT2D eigenvalue weighted by Crippen LogP contribution is -2.17. The molecular weight excluding hydrogens is 442 g/mol. The van der Waals surface area contributed by atoms with Crippen molar-refractivity contribution in [1.29, 1.82) is 0 Å². The van der Waals surface area contributed by atoms with Crippen molar-refractivity contribution in [3.63, 3.8) is 0 Å². The van der Waals surface area contributed by atoms with E-state index in [1.54, 1.807) is 42.5 Å². The summed E-state index contributed by atoms with van der Waals surface area (Å²) in [6, 6.07) is 22.4. The molecule has 0 unspecified atom stereocenters. The standard InChI is InChI=1S/C21H18BrNO4S/c22-16-6-10-18(11-7-16)27-19-12-8-17(9-13-19)23-21(24)14-15-28(25,26)20-4-2-1-3-5-20/h1-13H,14-15H2,(H,23,24). The molecule has 0 aliphatic carbocycles. The fraction of sp³-hybridized carbons (Fsp3) is 0.0952. The second kappa shape index (κ2) is 9.03. The molecule has 0 aliphatic rings. The summed E-state index contributed by atoms with van der Waals surface area (Å²) in [5.41, 5.74) is 0.574. The van der Waals surface area contributed by atoms with Crippen molar-refractivity contribution in [2.45, 2.75) is 11.3 Å². The first kappa shape index (κ1) is 20.1. The number of hydrogen-bond acceptors (Lipinski definition) is 4. The van der Waals surface area contributed by atoms with Crippen LogP contribution in [0.15, 0.2) is 88.2 Å². The third-order valence-corrected chi connectivity index (χ3v) is 6.15. The van der Waals surface area contributed by atoms with Crippen LogP contribution in [0.3, 0.4) is 0 Å². The van der Waals surface area contributed by atoms with Crippen LogP contribution in [0.25, 0.3) is 0 Å². The highest BCUT2D eigenvalue weighted by atomic mass is 79.9. The highest BCUT2D eigenvalue weighted by molar-refractivity contribution is 9.10. The molecule has 0 radical (unpaired) electrons. The number of hydrogen-bond donors (Lipinski definition) is 1. The van der Waals surface area contributed by atoms with Crippen LogP contribution in [-0.2, 0) is 14.6 Å². The molecule has 1 amide bonds. The van der Waals surface area contributed by atoms with E-state index >= 15 is 0 Å². The second-order valence-corrected chi connectivity index (χ2v) is 9.04. The van der Waals surface area contributed by atoms with Crippen molar-refractivity contribution >= 4 is 37.4 Å². The van der Waals surface area contributed by atoms with E-state index in [4.69, 9.17) is 4.74 Å². The number of amides is 1. The van der Waals surface area contributed by atoms with E-state index in [-0.39, 0.29) is 23.0 Å². The Kier molecular flexibility index (Phi) is 6.49. The largest absolute Gasteiger partial charge is 0.457 e. The molecule has 0 saturated carbocycles. The molecule has 0 saturated heterocycles. The van der Waals surface area contributed by atoms with Gasteiger partial charge in [-0.15, -0.1) is 0 Å². The lowest BCUT2D eigenvalue weighted by molar-refractivity contribution is -0.115. The molecule has 7 heteroatoms. The summed E-state index contributed by atoms with van der Waals surface area (Å²) in [4.78, 5) is 12.3. The van der Waals surface area contributed by atoms with Gasteiger partial charge in [-0.1, -0.05) is 34.1 Å². The van der Waals surface area contributed by atoms with Gasteiger partial charge in [0.2, 0.25) is 5.91 Å². The summed E-state index contributed by atoms with van der Waals surface area (Å²) in [6.07, 6.45) is -0.117. The van der Waals surface area contributed by atoms with Crippen LogP contribution in [0, 0.1) is 0 Å². The van der Waals surface area contributed by atoms with Gasteiger partial charge in [-0.05, 0) is 60.7 Å². The average molecular weight is 460 g/mol. The molecule has 0 aromatic heterocycles. The fourth-order valence-corrected chi connectivity index (χ4v) is 3.97. The maximum Gasteiger partial charge on any atom is 0.225 e. The number of carbonyl (C=O) groups excluding carboxylic acids is 1. The lowest BCUT2D eigenvalue weighted by Gasteiger charge is -2.09. The molecule has 0 spiro atoms. The molecule has 0 fully saturated rings. The zero-order chi connectivity index (χ0) is 20.0. The van der Waals surface area contributed by atoms with E-state index in [0.717, 1.165) is 4.47 Å². The smallest absolute Gasteiger partial charge is 0.225 e. The summed E-state index contributed by atoms with van der Waals surface area (Å²) in [5.74, 6) is 0.729. The van der Waals surface area contributed by atoms with Crippen molar-refractivity contribution in [2.24, 2.45) is 0 Å². The SMILES string of the molecule is O=C(CCS(=O)(=O)c1ccccc1)Nc1ccc(Oc2ccc(Br)cc2)cc1. The van der Waals surface area contributed by atoms with E-state index in [1.165, 1.54) is 12.1 Å². The minimum Gasteiger partial charge on any atom is -0.457 e. The van der Waals surface area contributed by atoms with E-state index in [9.17, 15) is 13.2 Å². The number of sulfone groups is 1. The summed E-state index contributed by atoms with van der Waals surface area (Å²) < 4.78 is 31.1. The van der Waals surface area contributed by atoms with Crippen LogP contribution < -0.4 is 10.1 Å². The second-order valence-electron chi connectivity index (χ2n) is 6.01. The zero-order valence-electron chi connectivity index (χ0n) is 14.8. The van der Waals surface area contributed by atoms with Crippen molar-refractivity contribution in [3.8, 4) is 11.5 Å².